The molecule has 0 saturated carbocycles. The summed E-state index contributed by atoms with van der Waals surface area (Å²) in [5, 5.41) is 3.19. The van der Waals surface area contributed by atoms with Gasteiger partial charge in [-0.3, -0.25) is 4.79 Å². The minimum absolute atomic E-state index is 0.0146. The van der Waals surface area contributed by atoms with Crippen LogP contribution < -0.4 is 5.32 Å². The van der Waals surface area contributed by atoms with E-state index in [4.69, 9.17) is 4.42 Å². The third-order valence-corrected chi connectivity index (χ3v) is 5.37. The molecule has 1 atom stereocenters. The zero-order valence-corrected chi connectivity index (χ0v) is 17.3. The Labute approximate surface area is 162 Å². The minimum atomic E-state index is -0.158. The molecule has 1 aromatic carbocycles. The highest BCUT2D eigenvalue weighted by molar-refractivity contribution is 5.78. The van der Waals surface area contributed by atoms with Crippen molar-refractivity contribution in [3.63, 3.8) is 0 Å². The molecule has 1 amide bonds. The maximum absolute atomic E-state index is 12.7. The van der Waals surface area contributed by atoms with Crippen molar-refractivity contribution in [3.05, 3.63) is 52.2 Å². The topological polar surface area (TPSA) is 55.1 Å². The van der Waals surface area contributed by atoms with Gasteiger partial charge in [0.2, 0.25) is 5.91 Å². The van der Waals surface area contributed by atoms with Crippen LogP contribution in [0.2, 0.25) is 0 Å². The highest BCUT2D eigenvalue weighted by Gasteiger charge is 2.24. The SMILES string of the molecule is CCC(NC(=O)Cc1oc(C(C)(C)C)nc1C)c1ccc2c(c1)CCCC2. The molecule has 1 aliphatic carbocycles. The second-order valence-electron chi connectivity index (χ2n) is 8.72. The molecule has 0 spiro atoms. The van der Waals surface area contributed by atoms with Crippen LogP contribution in [0.4, 0.5) is 0 Å². The third-order valence-electron chi connectivity index (χ3n) is 5.37. The number of carbonyl (C=O) groups is 1. The molecule has 0 saturated heterocycles. The first-order valence-electron chi connectivity index (χ1n) is 10.2. The Balaban J connectivity index is 1.70. The summed E-state index contributed by atoms with van der Waals surface area (Å²) < 4.78 is 5.87. The van der Waals surface area contributed by atoms with Crippen LogP contribution in [0.1, 0.15) is 87.0 Å². The lowest BCUT2D eigenvalue weighted by Crippen LogP contribution is -2.29. The highest BCUT2D eigenvalue weighted by atomic mass is 16.4. The van der Waals surface area contributed by atoms with Crippen LogP contribution in [0.5, 0.6) is 0 Å². The van der Waals surface area contributed by atoms with Crippen molar-refractivity contribution in [3.8, 4) is 0 Å². The molecule has 2 aromatic rings. The number of benzene rings is 1. The van der Waals surface area contributed by atoms with E-state index in [1.54, 1.807) is 0 Å². The van der Waals surface area contributed by atoms with Gasteiger partial charge in [0.15, 0.2) is 5.89 Å². The molecule has 27 heavy (non-hydrogen) atoms. The van der Waals surface area contributed by atoms with E-state index in [0.717, 1.165) is 18.5 Å². The van der Waals surface area contributed by atoms with Crippen molar-refractivity contribution < 1.29 is 9.21 Å². The number of aromatic nitrogens is 1. The lowest BCUT2D eigenvalue weighted by molar-refractivity contribution is -0.121. The summed E-state index contributed by atoms with van der Waals surface area (Å²) in [5.41, 5.74) is 4.77. The van der Waals surface area contributed by atoms with Crippen LogP contribution in [0.3, 0.4) is 0 Å². The third kappa shape index (κ3) is 4.60. The van der Waals surface area contributed by atoms with E-state index in [1.165, 1.54) is 36.0 Å². The first-order chi connectivity index (χ1) is 12.8. The predicted octanol–water partition coefficient (Wildman–Crippen LogP) is 4.97. The molecular formula is C23H32N2O2. The second-order valence-corrected chi connectivity index (χ2v) is 8.72. The summed E-state index contributed by atoms with van der Waals surface area (Å²) in [6.45, 7) is 10.2. The lowest BCUT2D eigenvalue weighted by Gasteiger charge is -2.21. The van der Waals surface area contributed by atoms with Gasteiger partial charge in [0.25, 0.3) is 0 Å². The fourth-order valence-corrected chi connectivity index (χ4v) is 3.70. The number of aryl methyl sites for hydroxylation is 3. The van der Waals surface area contributed by atoms with Gasteiger partial charge >= 0.3 is 0 Å². The quantitative estimate of drug-likeness (QED) is 0.811. The Hall–Kier alpha value is -2.10. The zero-order chi connectivity index (χ0) is 19.6. The molecule has 0 radical (unpaired) electrons. The van der Waals surface area contributed by atoms with Gasteiger partial charge in [-0.2, -0.15) is 0 Å². The largest absolute Gasteiger partial charge is 0.444 e. The van der Waals surface area contributed by atoms with E-state index in [2.05, 4.69) is 56.2 Å². The van der Waals surface area contributed by atoms with Crippen LogP contribution in [0.25, 0.3) is 0 Å². The number of oxazole rings is 1. The van der Waals surface area contributed by atoms with Crippen molar-refractivity contribution in [2.45, 2.75) is 84.6 Å². The van der Waals surface area contributed by atoms with E-state index in [0.29, 0.717) is 11.7 Å². The average Bonchev–Trinajstić information content (AvgIpc) is 3.00. The normalized spacial score (nSPS) is 15.3. The first-order valence-corrected chi connectivity index (χ1v) is 10.2. The van der Waals surface area contributed by atoms with Gasteiger partial charge in [-0.1, -0.05) is 45.9 Å². The molecule has 1 N–H and O–H groups in total. The van der Waals surface area contributed by atoms with Gasteiger partial charge in [-0.15, -0.1) is 0 Å². The monoisotopic (exact) mass is 368 g/mol. The van der Waals surface area contributed by atoms with Gasteiger partial charge < -0.3 is 9.73 Å². The molecule has 3 rings (SSSR count). The van der Waals surface area contributed by atoms with Crippen molar-refractivity contribution in [1.29, 1.82) is 0 Å². The molecule has 1 heterocycles. The van der Waals surface area contributed by atoms with Crippen molar-refractivity contribution in [2.75, 3.05) is 0 Å². The first kappa shape index (κ1) is 19.7. The Bertz CT molecular complexity index is 814. The summed E-state index contributed by atoms with van der Waals surface area (Å²) in [7, 11) is 0. The van der Waals surface area contributed by atoms with E-state index in [-0.39, 0.29) is 23.8 Å². The number of hydrogen-bond acceptors (Lipinski definition) is 3. The molecule has 1 aromatic heterocycles. The average molecular weight is 369 g/mol. The summed E-state index contributed by atoms with van der Waals surface area (Å²) in [5.74, 6) is 1.33. The predicted molar refractivity (Wildman–Crippen MR) is 108 cm³/mol. The Morgan fingerprint density at radius 2 is 1.93 bits per heavy atom. The van der Waals surface area contributed by atoms with Crippen LogP contribution >= 0.6 is 0 Å². The van der Waals surface area contributed by atoms with E-state index in [9.17, 15) is 4.79 Å². The fourth-order valence-electron chi connectivity index (χ4n) is 3.70. The summed E-state index contributed by atoms with van der Waals surface area (Å²) in [6, 6.07) is 6.75. The Morgan fingerprint density at radius 1 is 1.22 bits per heavy atom. The van der Waals surface area contributed by atoms with Crippen molar-refractivity contribution in [1.82, 2.24) is 10.3 Å². The maximum atomic E-state index is 12.7. The van der Waals surface area contributed by atoms with Crippen LogP contribution in [0.15, 0.2) is 22.6 Å². The molecule has 0 fully saturated rings. The van der Waals surface area contributed by atoms with E-state index >= 15 is 0 Å². The number of hydrogen-bond donors (Lipinski definition) is 1. The van der Waals surface area contributed by atoms with Gasteiger partial charge in [0.05, 0.1) is 18.2 Å². The summed E-state index contributed by atoms with van der Waals surface area (Å²) in [6.07, 6.45) is 5.98. The molecule has 1 aliphatic rings. The fraction of sp³-hybridized carbons (Fsp3) is 0.565. The van der Waals surface area contributed by atoms with Crippen LogP contribution in [-0.4, -0.2) is 10.9 Å². The van der Waals surface area contributed by atoms with Gasteiger partial charge in [0.1, 0.15) is 5.76 Å². The smallest absolute Gasteiger partial charge is 0.228 e. The lowest BCUT2D eigenvalue weighted by atomic mass is 9.89. The number of carbonyl (C=O) groups excluding carboxylic acids is 1. The highest BCUT2D eigenvalue weighted by Crippen LogP contribution is 2.27. The molecule has 0 bridgehead atoms. The standard InChI is InChI=1S/C23H32N2O2/c1-6-19(18-12-11-16-9-7-8-10-17(16)13-18)25-21(26)14-20-15(2)24-22(27-20)23(3,4)5/h11-13,19H,6-10,14H2,1-5H3,(H,25,26). The van der Waals surface area contributed by atoms with Gasteiger partial charge in [-0.05, 0) is 55.7 Å². The molecular weight excluding hydrogens is 336 g/mol. The minimum Gasteiger partial charge on any atom is -0.444 e. The Kier molecular flexibility index (Phi) is 5.73. The molecule has 4 heteroatoms. The summed E-state index contributed by atoms with van der Waals surface area (Å²) in [4.78, 5) is 17.2. The number of fused-ring (bicyclic) bond motifs is 1. The van der Waals surface area contributed by atoms with Crippen molar-refractivity contribution >= 4 is 5.91 Å². The molecule has 4 nitrogen and oxygen atoms in total. The number of nitrogens with zero attached hydrogens (tertiary/aromatic N) is 1. The van der Waals surface area contributed by atoms with Crippen molar-refractivity contribution in [2.24, 2.45) is 0 Å². The van der Waals surface area contributed by atoms with Crippen LogP contribution in [0, 0.1) is 6.92 Å². The van der Waals surface area contributed by atoms with E-state index in [1.807, 2.05) is 6.92 Å². The van der Waals surface area contributed by atoms with Gasteiger partial charge in [-0.25, -0.2) is 4.98 Å². The molecule has 1 unspecified atom stereocenters. The van der Waals surface area contributed by atoms with Gasteiger partial charge in [0, 0.05) is 5.41 Å². The van der Waals surface area contributed by atoms with E-state index < -0.39 is 0 Å². The van der Waals surface area contributed by atoms with Crippen LogP contribution in [-0.2, 0) is 29.5 Å². The zero-order valence-electron chi connectivity index (χ0n) is 17.3. The summed E-state index contributed by atoms with van der Waals surface area (Å²) >= 11 is 0. The number of nitrogens with one attached hydrogen (secondary N) is 1. The Morgan fingerprint density at radius 3 is 2.56 bits per heavy atom. The molecule has 146 valence electrons. The number of rotatable bonds is 5. The molecule has 0 aliphatic heterocycles. The maximum Gasteiger partial charge on any atom is 0.228 e. The number of amides is 1. The second kappa shape index (κ2) is 7.87.